The van der Waals surface area contributed by atoms with Crippen LogP contribution in [-0.2, 0) is 0 Å². The molecule has 164 valence electrons. The van der Waals surface area contributed by atoms with Gasteiger partial charge in [-0.15, -0.1) is 0 Å². The Morgan fingerprint density at radius 1 is 0.667 bits per heavy atom. The van der Waals surface area contributed by atoms with Crippen molar-refractivity contribution in [2.45, 2.75) is 13.8 Å². The van der Waals surface area contributed by atoms with Crippen LogP contribution >= 0.6 is 0 Å². The topological polar surface area (TPSA) is 78.4 Å². The third-order valence-corrected chi connectivity index (χ3v) is 6.23. The Kier molecular flexibility index (Phi) is 5.09. The number of aliphatic hydroxyl groups is 1. The van der Waals surface area contributed by atoms with Crippen molar-refractivity contribution < 1.29 is 14.7 Å². The number of fused-ring (bicyclic) bond motifs is 2. The van der Waals surface area contributed by atoms with E-state index < -0.39 is 11.8 Å². The van der Waals surface area contributed by atoms with Gasteiger partial charge in [0.05, 0.1) is 17.5 Å². The quantitative estimate of drug-likeness (QED) is 0.481. The van der Waals surface area contributed by atoms with Gasteiger partial charge in [0.25, 0.3) is 0 Å². The van der Waals surface area contributed by atoms with E-state index in [2.05, 4.69) is 10.6 Å². The maximum atomic E-state index is 13.5. The van der Waals surface area contributed by atoms with Gasteiger partial charge in [0.2, 0.25) is 0 Å². The highest BCUT2D eigenvalue weighted by atomic mass is 16.3. The molecule has 5 rings (SSSR count). The minimum atomic E-state index is -0.988. The fraction of sp³-hybridized carbons (Fsp3) is 0.143. The van der Waals surface area contributed by atoms with E-state index in [9.17, 15) is 14.7 Å². The number of anilines is 2. The first-order valence-electron chi connectivity index (χ1n) is 10.9. The zero-order valence-corrected chi connectivity index (χ0v) is 18.4. The lowest BCUT2D eigenvalue weighted by molar-refractivity contribution is 0.0748. The molecule has 33 heavy (non-hydrogen) atoms. The van der Waals surface area contributed by atoms with E-state index in [1.54, 1.807) is 30.3 Å². The summed E-state index contributed by atoms with van der Waals surface area (Å²) in [6, 6.07) is 22.4. The van der Waals surface area contributed by atoms with Crippen molar-refractivity contribution in [3.05, 3.63) is 118 Å². The van der Waals surface area contributed by atoms with E-state index in [0.29, 0.717) is 22.5 Å². The molecule has 0 heterocycles. The number of benzene rings is 3. The smallest absolute Gasteiger partial charge is 0.175 e. The number of ketones is 2. The Hall–Kier alpha value is -4.12. The van der Waals surface area contributed by atoms with E-state index in [-0.39, 0.29) is 17.3 Å². The first kappa shape index (κ1) is 20.8. The summed E-state index contributed by atoms with van der Waals surface area (Å²) in [6.07, 6.45) is 1.73. The van der Waals surface area contributed by atoms with Crippen LogP contribution < -0.4 is 10.6 Å². The SMILES string of the molecule is Cc1ccc(NC2=CC(Nc3ccc(C)cc3)=C(O)C3C(=O)c4ccccc4C(=O)C23)cc1. The molecule has 5 nitrogen and oxygen atoms in total. The third-order valence-electron chi connectivity index (χ3n) is 6.23. The highest BCUT2D eigenvalue weighted by Crippen LogP contribution is 2.42. The molecule has 0 aromatic heterocycles. The van der Waals surface area contributed by atoms with Crippen molar-refractivity contribution in [2.75, 3.05) is 10.6 Å². The Morgan fingerprint density at radius 3 is 1.70 bits per heavy atom. The minimum Gasteiger partial charge on any atom is -0.509 e. The molecule has 2 aliphatic carbocycles. The fourth-order valence-electron chi connectivity index (χ4n) is 4.45. The molecular weight excluding hydrogens is 412 g/mol. The Morgan fingerprint density at radius 2 is 1.15 bits per heavy atom. The highest BCUT2D eigenvalue weighted by molar-refractivity contribution is 6.18. The largest absolute Gasteiger partial charge is 0.509 e. The zero-order valence-electron chi connectivity index (χ0n) is 18.4. The van der Waals surface area contributed by atoms with Crippen LogP contribution in [-0.4, -0.2) is 16.7 Å². The average molecular weight is 437 g/mol. The number of aliphatic hydroxyl groups excluding tert-OH is 1. The van der Waals surface area contributed by atoms with Gasteiger partial charge in [0, 0.05) is 28.2 Å². The molecular formula is C28H24N2O3. The number of hydrogen-bond acceptors (Lipinski definition) is 5. The van der Waals surface area contributed by atoms with Crippen LogP contribution in [0.4, 0.5) is 11.4 Å². The van der Waals surface area contributed by atoms with Crippen molar-refractivity contribution >= 4 is 22.9 Å². The lowest BCUT2D eigenvalue weighted by Crippen LogP contribution is -2.42. The van der Waals surface area contributed by atoms with Gasteiger partial charge in [-0.25, -0.2) is 0 Å². The van der Waals surface area contributed by atoms with Crippen LogP contribution in [0.2, 0.25) is 0 Å². The summed E-state index contributed by atoms with van der Waals surface area (Å²) in [4.78, 5) is 27.0. The number of carbonyl (C=O) groups is 2. The summed E-state index contributed by atoms with van der Waals surface area (Å²) in [5.41, 5.74) is 5.53. The number of hydrogen-bond donors (Lipinski definition) is 3. The predicted octanol–water partition coefficient (Wildman–Crippen LogP) is 5.81. The van der Waals surface area contributed by atoms with Gasteiger partial charge in [-0.3, -0.25) is 9.59 Å². The Balaban J connectivity index is 1.61. The summed E-state index contributed by atoms with van der Waals surface area (Å²) in [5, 5.41) is 17.7. The van der Waals surface area contributed by atoms with E-state index in [1.165, 1.54) is 0 Å². The first-order chi connectivity index (χ1) is 15.9. The molecule has 5 heteroatoms. The molecule has 0 bridgehead atoms. The van der Waals surface area contributed by atoms with Crippen LogP contribution in [0.25, 0.3) is 0 Å². The van der Waals surface area contributed by atoms with Gasteiger partial charge in [0.15, 0.2) is 11.6 Å². The molecule has 2 unspecified atom stereocenters. The van der Waals surface area contributed by atoms with E-state index in [1.807, 2.05) is 62.4 Å². The van der Waals surface area contributed by atoms with Crippen LogP contribution in [0.1, 0.15) is 31.8 Å². The lowest BCUT2D eigenvalue weighted by atomic mass is 9.69. The van der Waals surface area contributed by atoms with Crippen LogP contribution in [0.3, 0.4) is 0 Å². The van der Waals surface area contributed by atoms with Crippen molar-refractivity contribution in [3.8, 4) is 0 Å². The fourth-order valence-corrected chi connectivity index (χ4v) is 4.45. The molecule has 0 saturated heterocycles. The van der Waals surface area contributed by atoms with E-state index in [4.69, 9.17) is 0 Å². The monoisotopic (exact) mass is 436 g/mol. The Labute approximate surface area is 192 Å². The second-order valence-electron chi connectivity index (χ2n) is 8.61. The molecule has 0 amide bonds. The summed E-state index contributed by atoms with van der Waals surface area (Å²) < 4.78 is 0. The average Bonchev–Trinajstić information content (AvgIpc) is 2.82. The maximum Gasteiger partial charge on any atom is 0.175 e. The number of nitrogens with one attached hydrogen (secondary N) is 2. The number of Topliss-reactive ketones (excluding diaryl/α,β-unsaturated/α-hetero) is 2. The first-order valence-corrected chi connectivity index (χ1v) is 10.9. The number of allylic oxidation sites excluding steroid dienone is 3. The normalized spacial score (nSPS) is 19.5. The van der Waals surface area contributed by atoms with Crippen molar-refractivity contribution in [2.24, 2.45) is 11.8 Å². The van der Waals surface area contributed by atoms with Gasteiger partial charge in [-0.1, -0.05) is 59.7 Å². The summed E-state index contributed by atoms with van der Waals surface area (Å²) in [5.74, 6) is -2.37. The van der Waals surface area contributed by atoms with Crippen LogP contribution in [0.5, 0.6) is 0 Å². The third kappa shape index (κ3) is 3.72. The molecule has 3 aromatic rings. The molecule has 0 spiro atoms. The van der Waals surface area contributed by atoms with Gasteiger partial charge >= 0.3 is 0 Å². The van der Waals surface area contributed by atoms with E-state index >= 15 is 0 Å². The van der Waals surface area contributed by atoms with Gasteiger partial charge in [-0.05, 0) is 44.2 Å². The van der Waals surface area contributed by atoms with Crippen LogP contribution in [0.15, 0.2) is 96.0 Å². The number of rotatable bonds is 4. The summed E-state index contributed by atoms with van der Waals surface area (Å²) in [7, 11) is 0. The molecule has 0 saturated carbocycles. The second kappa shape index (κ2) is 8.10. The summed E-state index contributed by atoms with van der Waals surface area (Å²) in [6.45, 7) is 4.00. The second-order valence-corrected chi connectivity index (χ2v) is 8.61. The van der Waals surface area contributed by atoms with Crippen molar-refractivity contribution in [1.29, 1.82) is 0 Å². The molecule has 0 fully saturated rings. The highest BCUT2D eigenvalue weighted by Gasteiger charge is 2.48. The molecule has 2 aliphatic rings. The number of carbonyl (C=O) groups excluding carboxylic acids is 2. The van der Waals surface area contributed by atoms with Gasteiger partial charge < -0.3 is 15.7 Å². The number of aryl methyl sites for hydroxylation is 2. The molecule has 0 aliphatic heterocycles. The van der Waals surface area contributed by atoms with Crippen LogP contribution in [0, 0.1) is 25.7 Å². The van der Waals surface area contributed by atoms with Gasteiger partial charge in [-0.2, -0.15) is 0 Å². The molecule has 3 N–H and O–H groups in total. The molecule has 0 radical (unpaired) electrons. The van der Waals surface area contributed by atoms with E-state index in [0.717, 1.165) is 22.5 Å². The summed E-state index contributed by atoms with van der Waals surface area (Å²) >= 11 is 0. The molecule has 3 aromatic carbocycles. The minimum absolute atomic E-state index is 0.122. The lowest BCUT2D eigenvalue weighted by Gasteiger charge is -2.36. The van der Waals surface area contributed by atoms with Crippen molar-refractivity contribution in [1.82, 2.24) is 0 Å². The maximum absolute atomic E-state index is 13.5. The van der Waals surface area contributed by atoms with Gasteiger partial charge in [0.1, 0.15) is 5.76 Å². The standard InChI is InChI=1S/C28H24N2O3/c1-16-7-11-18(12-8-16)29-22-15-23(30-19-13-9-17(2)10-14-19)28(33)25-24(22)26(31)20-5-3-4-6-21(20)27(25)32/h3-15,24-25,29-30,33H,1-2H3. The predicted molar refractivity (Wildman–Crippen MR) is 129 cm³/mol. The van der Waals surface area contributed by atoms with Crippen molar-refractivity contribution in [3.63, 3.8) is 0 Å². The Bertz CT molecular complexity index is 1320. The molecule has 2 atom stereocenters. The zero-order chi connectivity index (χ0) is 23.1.